The molecular weight excluding hydrogens is 186 g/mol. The van der Waals surface area contributed by atoms with E-state index in [0.717, 1.165) is 23.6 Å². The van der Waals surface area contributed by atoms with Crippen molar-refractivity contribution in [1.82, 2.24) is 10.3 Å². The number of nitrogens with zero attached hydrogens (tertiary/aromatic N) is 1. The number of rotatable bonds is 5. The van der Waals surface area contributed by atoms with E-state index in [0.29, 0.717) is 6.04 Å². The molecule has 0 aliphatic heterocycles. The second-order valence-corrected chi connectivity index (χ2v) is 4.32. The van der Waals surface area contributed by atoms with E-state index in [2.05, 4.69) is 24.1 Å². The summed E-state index contributed by atoms with van der Waals surface area (Å²) in [5.41, 5.74) is 7.86. The Kier molecular flexibility index (Phi) is 4.56. The van der Waals surface area contributed by atoms with Crippen LogP contribution in [0.5, 0.6) is 0 Å². The van der Waals surface area contributed by atoms with E-state index < -0.39 is 0 Å². The number of nitrogens with two attached hydrogens (primary N) is 1. The van der Waals surface area contributed by atoms with E-state index in [9.17, 15) is 0 Å². The zero-order valence-corrected chi connectivity index (χ0v) is 9.83. The van der Waals surface area contributed by atoms with E-state index >= 15 is 0 Å². The van der Waals surface area contributed by atoms with Crippen LogP contribution in [0.3, 0.4) is 0 Å². The fraction of sp³-hybridized carbons (Fsp3) is 0.583. The van der Waals surface area contributed by atoms with E-state index in [-0.39, 0.29) is 0 Å². The first-order valence-corrected chi connectivity index (χ1v) is 5.51. The molecule has 3 N–H and O–H groups in total. The topological polar surface area (TPSA) is 50.9 Å². The smallest absolute Gasteiger partial charge is 0.0393 e. The summed E-state index contributed by atoms with van der Waals surface area (Å²) in [7, 11) is 1.97. The lowest BCUT2D eigenvalue weighted by Crippen LogP contribution is -2.18. The molecule has 1 aromatic heterocycles. The average molecular weight is 207 g/mol. The summed E-state index contributed by atoms with van der Waals surface area (Å²) in [6, 6.07) is 2.18. The monoisotopic (exact) mass is 207 g/mol. The molecule has 0 fully saturated rings. The molecule has 0 spiro atoms. The molecular formula is C12H21N3. The summed E-state index contributed by atoms with van der Waals surface area (Å²) >= 11 is 0. The van der Waals surface area contributed by atoms with Crippen LogP contribution >= 0.6 is 0 Å². The van der Waals surface area contributed by atoms with E-state index in [1.165, 1.54) is 6.42 Å². The minimum absolute atomic E-state index is 0.320. The van der Waals surface area contributed by atoms with Crippen molar-refractivity contribution in [2.24, 2.45) is 5.92 Å². The first-order valence-electron chi connectivity index (χ1n) is 5.51. The lowest BCUT2D eigenvalue weighted by molar-refractivity contribution is 0.465. The molecule has 0 amide bonds. The largest absolute Gasteiger partial charge is 0.398 e. The fourth-order valence-corrected chi connectivity index (χ4v) is 1.66. The van der Waals surface area contributed by atoms with Gasteiger partial charge >= 0.3 is 0 Å². The predicted molar refractivity (Wildman–Crippen MR) is 64.5 cm³/mol. The zero-order chi connectivity index (χ0) is 11.3. The van der Waals surface area contributed by atoms with Gasteiger partial charge in [-0.05, 0) is 31.9 Å². The van der Waals surface area contributed by atoms with Crippen molar-refractivity contribution in [1.29, 1.82) is 0 Å². The number of aromatic nitrogens is 1. The lowest BCUT2D eigenvalue weighted by Gasteiger charge is -2.18. The third-order valence-electron chi connectivity index (χ3n) is 2.64. The van der Waals surface area contributed by atoms with Gasteiger partial charge in [0.1, 0.15) is 0 Å². The second kappa shape index (κ2) is 5.71. The van der Waals surface area contributed by atoms with Gasteiger partial charge in [-0.3, -0.25) is 4.98 Å². The Morgan fingerprint density at radius 2 is 2.13 bits per heavy atom. The quantitative estimate of drug-likeness (QED) is 0.779. The number of nitrogens with one attached hydrogen (secondary N) is 1. The standard InChI is InChI=1S/C12H21N3/c1-9(2)4-5-12(14-3)10-8-15-7-6-11(10)13/h6-9,12,14H,4-5H2,1-3H3,(H2,13,15). The molecule has 3 heteroatoms. The van der Waals surface area contributed by atoms with Gasteiger partial charge in [0.15, 0.2) is 0 Å². The zero-order valence-electron chi connectivity index (χ0n) is 9.83. The van der Waals surface area contributed by atoms with Crippen molar-refractivity contribution < 1.29 is 0 Å². The maximum atomic E-state index is 5.92. The molecule has 0 radical (unpaired) electrons. The highest BCUT2D eigenvalue weighted by molar-refractivity contribution is 5.46. The van der Waals surface area contributed by atoms with Crippen molar-refractivity contribution in [3.8, 4) is 0 Å². The van der Waals surface area contributed by atoms with Gasteiger partial charge < -0.3 is 11.1 Å². The third kappa shape index (κ3) is 3.51. The molecule has 1 unspecified atom stereocenters. The maximum absolute atomic E-state index is 5.92. The van der Waals surface area contributed by atoms with Gasteiger partial charge in [-0.25, -0.2) is 0 Å². The van der Waals surface area contributed by atoms with Gasteiger partial charge in [-0.1, -0.05) is 13.8 Å². The van der Waals surface area contributed by atoms with Crippen LogP contribution in [0, 0.1) is 5.92 Å². The molecule has 3 nitrogen and oxygen atoms in total. The first-order chi connectivity index (χ1) is 7.15. The van der Waals surface area contributed by atoms with Gasteiger partial charge in [-0.2, -0.15) is 0 Å². The Labute approximate surface area is 92.1 Å². The minimum Gasteiger partial charge on any atom is -0.398 e. The van der Waals surface area contributed by atoms with Crippen LogP contribution in [0.15, 0.2) is 18.5 Å². The van der Waals surface area contributed by atoms with Crippen LogP contribution < -0.4 is 11.1 Å². The molecule has 1 aromatic rings. The highest BCUT2D eigenvalue weighted by Crippen LogP contribution is 2.24. The summed E-state index contributed by atoms with van der Waals surface area (Å²) < 4.78 is 0. The van der Waals surface area contributed by atoms with Crippen LogP contribution in [0.25, 0.3) is 0 Å². The van der Waals surface area contributed by atoms with Gasteiger partial charge in [0, 0.05) is 29.7 Å². The number of nitrogen functional groups attached to an aromatic ring is 1. The van der Waals surface area contributed by atoms with Crippen LogP contribution in [0.4, 0.5) is 5.69 Å². The molecule has 1 atom stereocenters. The summed E-state index contributed by atoms with van der Waals surface area (Å²) in [6.45, 7) is 4.47. The van der Waals surface area contributed by atoms with E-state index in [4.69, 9.17) is 5.73 Å². The van der Waals surface area contributed by atoms with Crippen molar-refractivity contribution in [3.63, 3.8) is 0 Å². The van der Waals surface area contributed by atoms with Crippen molar-refractivity contribution in [3.05, 3.63) is 24.0 Å². The Morgan fingerprint density at radius 1 is 1.40 bits per heavy atom. The number of hydrogen-bond donors (Lipinski definition) is 2. The number of pyridine rings is 1. The Balaban J connectivity index is 2.70. The van der Waals surface area contributed by atoms with Crippen molar-refractivity contribution in [2.45, 2.75) is 32.7 Å². The first kappa shape index (κ1) is 12.0. The molecule has 15 heavy (non-hydrogen) atoms. The number of anilines is 1. The molecule has 84 valence electrons. The molecule has 0 aliphatic carbocycles. The summed E-state index contributed by atoms with van der Waals surface area (Å²) in [6.07, 6.45) is 5.88. The molecule has 0 aliphatic rings. The highest BCUT2D eigenvalue weighted by Gasteiger charge is 2.12. The third-order valence-corrected chi connectivity index (χ3v) is 2.64. The van der Waals surface area contributed by atoms with Gasteiger partial charge in [-0.15, -0.1) is 0 Å². The summed E-state index contributed by atoms with van der Waals surface area (Å²) in [5, 5.41) is 3.29. The molecule has 0 aromatic carbocycles. The normalized spacial score (nSPS) is 13.1. The molecule has 0 saturated carbocycles. The fourth-order valence-electron chi connectivity index (χ4n) is 1.66. The summed E-state index contributed by atoms with van der Waals surface area (Å²) in [5.74, 6) is 0.721. The Bertz CT molecular complexity index is 297. The van der Waals surface area contributed by atoms with Gasteiger partial charge in [0.25, 0.3) is 0 Å². The lowest BCUT2D eigenvalue weighted by atomic mass is 9.98. The van der Waals surface area contributed by atoms with Gasteiger partial charge in [0.05, 0.1) is 0 Å². The second-order valence-electron chi connectivity index (χ2n) is 4.32. The maximum Gasteiger partial charge on any atom is 0.0393 e. The Hall–Kier alpha value is -1.09. The minimum atomic E-state index is 0.320. The van der Waals surface area contributed by atoms with Crippen LogP contribution in [0.1, 0.15) is 38.3 Å². The number of hydrogen-bond acceptors (Lipinski definition) is 3. The summed E-state index contributed by atoms with van der Waals surface area (Å²) in [4.78, 5) is 4.12. The van der Waals surface area contributed by atoms with Gasteiger partial charge in [0.2, 0.25) is 0 Å². The molecule has 1 heterocycles. The molecule has 0 bridgehead atoms. The predicted octanol–water partition coefficient (Wildman–Crippen LogP) is 2.36. The van der Waals surface area contributed by atoms with E-state index in [1.54, 1.807) is 6.20 Å². The highest BCUT2D eigenvalue weighted by atomic mass is 14.9. The van der Waals surface area contributed by atoms with Crippen LogP contribution in [-0.4, -0.2) is 12.0 Å². The Morgan fingerprint density at radius 3 is 2.67 bits per heavy atom. The van der Waals surface area contributed by atoms with Crippen molar-refractivity contribution >= 4 is 5.69 Å². The molecule has 0 saturated heterocycles. The van der Waals surface area contributed by atoms with Crippen molar-refractivity contribution in [2.75, 3.05) is 12.8 Å². The molecule has 1 rings (SSSR count). The van der Waals surface area contributed by atoms with E-state index in [1.807, 2.05) is 19.3 Å². The SMILES string of the molecule is CNC(CCC(C)C)c1cnccc1N. The van der Waals surface area contributed by atoms with Crippen LogP contribution in [-0.2, 0) is 0 Å². The average Bonchev–Trinajstić information content (AvgIpc) is 2.21. The van der Waals surface area contributed by atoms with Crippen LogP contribution in [0.2, 0.25) is 0 Å².